The van der Waals surface area contributed by atoms with Crippen LogP contribution in [0.3, 0.4) is 0 Å². The second kappa shape index (κ2) is 26.4. The molecule has 16 aliphatic rings. The molecule has 4 spiro atoms. The van der Waals surface area contributed by atoms with Crippen LogP contribution in [0.5, 0.6) is 0 Å². The maximum atomic E-state index is 15.0. The molecule has 3 radical (unpaired) electrons. The molecule has 6 heterocycles. The number of nitrogens with zero attached hydrogens (tertiary/aromatic N) is 2. The number of carbonyl (C=O) groups excluding carboxylic acids is 3. The highest BCUT2D eigenvalue weighted by molar-refractivity contribution is 5.93. The molecule has 6 aliphatic heterocycles. The summed E-state index contributed by atoms with van der Waals surface area (Å²) in [5.41, 5.74) is 3.02. The molecule has 20 heteroatoms. The van der Waals surface area contributed by atoms with Gasteiger partial charge in [0.15, 0.2) is 30.6 Å². The normalized spacial score (nSPS) is 48.9. The lowest BCUT2D eigenvalue weighted by atomic mass is 9.41. The molecule has 16 rings (SSSR count). The van der Waals surface area contributed by atoms with Crippen molar-refractivity contribution in [3.8, 4) is 0 Å². The lowest BCUT2D eigenvalue weighted by molar-refractivity contribution is -0.256. The van der Waals surface area contributed by atoms with Gasteiger partial charge < -0.3 is 68.4 Å². The molecule has 16 fully saturated rings. The molecule has 5 N–H and O–H groups in total. The van der Waals surface area contributed by atoms with Crippen LogP contribution in [-0.2, 0) is 61.8 Å². The van der Waals surface area contributed by atoms with Gasteiger partial charge in [0.2, 0.25) is 0 Å². The summed E-state index contributed by atoms with van der Waals surface area (Å²) in [6.45, 7) is 47.6. The number of aliphatic hydroxyl groups is 3. The zero-order valence-corrected chi connectivity index (χ0v) is 66.2. The van der Waals surface area contributed by atoms with E-state index in [0.29, 0.717) is 60.6 Å². The Morgan fingerprint density at radius 2 is 0.971 bits per heavy atom. The van der Waals surface area contributed by atoms with Gasteiger partial charge in [-0.25, -0.2) is 0 Å². The number of fused-ring (bicyclic) bond motifs is 8. The molecule has 27 atom stereocenters. The monoisotopic (exact) mass is 1430 g/mol. The summed E-state index contributed by atoms with van der Waals surface area (Å²) in [6, 6.07) is 1.01. The number of carbonyl (C=O) groups is 3. The van der Waals surface area contributed by atoms with Crippen LogP contribution in [0.1, 0.15) is 234 Å². The Labute approximate surface area is 613 Å². The van der Waals surface area contributed by atoms with Gasteiger partial charge in [-0.1, -0.05) is 69.2 Å². The van der Waals surface area contributed by atoms with Crippen molar-refractivity contribution in [2.24, 2.45) is 107 Å². The van der Waals surface area contributed by atoms with Crippen LogP contribution < -0.4 is 5.73 Å². The van der Waals surface area contributed by atoms with Gasteiger partial charge in [-0.2, -0.15) is 0 Å². The van der Waals surface area contributed by atoms with Gasteiger partial charge in [-0.15, -0.1) is 0 Å². The molecular formula is C82H135BN3O16. The zero-order chi connectivity index (χ0) is 73.0. The molecule has 102 heavy (non-hydrogen) atoms. The number of nitrogens with two attached hydrogens (primary N) is 1. The summed E-state index contributed by atoms with van der Waals surface area (Å²) in [5.74, 6) is 2.20. The molecule has 0 aromatic heterocycles. The number of rotatable bonds is 12. The predicted octanol–water partition coefficient (Wildman–Crippen LogP) is 10.5. The third kappa shape index (κ3) is 12.0. The molecule has 0 aromatic carbocycles. The molecule has 0 aromatic rings. The van der Waals surface area contributed by atoms with E-state index >= 15 is 4.79 Å². The van der Waals surface area contributed by atoms with Crippen LogP contribution in [0.25, 0.3) is 0 Å². The Hall–Kier alpha value is -1.89. The minimum absolute atomic E-state index is 0. The van der Waals surface area contributed by atoms with E-state index in [1.54, 1.807) is 27.7 Å². The van der Waals surface area contributed by atoms with E-state index in [4.69, 9.17) is 53.1 Å². The van der Waals surface area contributed by atoms with Crippen LogP contribution >= 0.6 is 0 Å². The second-order valence-electron chi connectivity index (χ2n) is 40.9. The zero-order valence-electron chi connectivity index (χ0n) is 66.2. The number of ketones is 1. The van der Waals surface area contributed by atoms with E-state index in [0.717, 1.165) is 104 Å². The van der Waals surface area contributed by atoms with E-state index < -0.39 is 65.2 Å². The Morgan fingerprint density at radius 3 is 1.40 bits per heavy atom. The van der Waals surface area contributed by atoms with Crippen LogP contribution in [0.4, 0.5) is 0 Å². The smallest absolute Gasteiger partial charge is 0.303 e. The topological polar surface area (TPSA) is 237 Å². The van der Waals surface area contributed by atoms with Gasteiger partial charge in [0.1, 0.15) is 6.10 Å². The van der Waals surface area contributed by atoms with Gasteiger partial charge in [-0.05, 0) is 236 Å². The fourth-order valence-corrected chi connectivity index (χ4v) is 28.2. The Bertz CT molecular complexity index is 3100. The fraction of sp³-hybridized carbons (Fsp3) is 0.963. The number of esters is 2. The number of aliphatic hydroxyl groups excluding tert-OH is 1. The van der Waals surface area contributed by atoms with E-state index in [9.17, 15) is 24.9 Å². The molecule has 10 aliphatic carbocycles. The van der Waals surface area contributed by atoms with E-state index in [1.807, 2.05) is 20.8 Å². The quantitative estimate of drug-likeness (QED) is 0.105. The third-order valence-corrected chi connectivity index (χ3v) is 33.0. The van der Waals surface area contributed by atoms with Crippen molar-refractivity contribution in [2.45, 2.75) is 331 Å². The molecular weight excluding hydrogens is 1290 g/mol. The first-order valence-corrected chi connectivity index (χ1v) is 40.3. The van der Waals surface area contributed by atoms with Crippen LogP contribution in [0, 0.1) is 101 Å². The summed E-state index contributed by atoms with van der Waals surface area (Å²) in [4.78, 5) is 44.2. The lowest BCUT2D eigenvalue weighted by Crippen LogP contribution is -2.60. The average Bonchev–Trinajstić information content (AvgIpc) is 1.46. The maximum absolute atomic E-state index is 15.0. The molecule has 19 nitrogen and oxygen atoms in total. The SMILES string of the molecule is CC(=O)O[C@@H]([C@H]1C[C@@H](C)[C@H]2[C@H](O1)C(=O)[C@@]1(C)[C@@H]3CC[C@H]4C(C)(C)C(O[C@H]5CN(C6COC6)CCO5)CC[C@@]45C[C@@]35CC[C@]21C)C(C)(C)O.CC(=O)O[C@@H]([C@H]1C[C@@H](C)[C@H]2[C@H](O1)[C@@H](O)[C@@]1(C)[C@@H]3CC[C@H]4C(C)(C)C(O[C@H]5CN(C6COC6)CCO5)CC[C@@]45C[C@@]35CC[C@]21C)C(C)(C)O.CC(C)(C)N.[B]. The number of Topliss-reactive ketones (excluding diaryl/α,β-unsaturated/α-hetero) is 1. The molecule has 6 saturated heterocycles. The van der Waals surface area contributed by atoms with Gasteiger partial charge in [0.05, 0.1) is 113 Å². The Balaban J connectivity index is 0.000000169. The summed E-state index contributed by atoms with van der Waals surface area (Å²) in [7, 11) is 0. The lowest BCUT2D eigenvalue weighted by Gasteiger charge is -2.64. The minimum atomic E-state index is -1.28. The maximum Gasteiger partial charge on any atom is 0.303 e. The second-order valence-corrected chi connectivity index (χ2v) is 40.9. The molecule has 577 valence electrons. The average molecular weight is 1430 g/mol. The summed E-state index contributed by atoms with van der Waals surface area (Å²) in [6.07, 6.45) is 13.5. The number of morpholine rings is 2. The first kappa shape index (κ1) is 78.2. The standard InChI is InChI=1S/C39H63NO8.C39H61NO8.C4H11N.B/c2*1-22-17-25(33(35(5,6)43)46-23(2)41)47-31-30(22)36(7)13-14-39-21-38(39)12-11-28(48-29-18-40(15-16-45-29)24-19-44-20-24)34(3,4)26(38)9-10-27(39)37(36,8)32(31)42;1-4(2,3)5;/h22,24-33,42-43H,9-21H2,1-8H3;22,24-31,33,43H,9-21H2,1-8H3;5H2,1-3H3;/t22-,25-,26+,27+,28?,29+,30+,31+,32-,33+,36-,37-,38-,39+;22-,25-,26+,27+,28?,29+,30+,31+,33+,36-,37-,38-,39+;;/m11../s1. The number of hydrogen-bond acceptors (Lipinski definition) is 19. The molecule has 0 amide bonds. The fourth-order valence-electron chi connectivity index (χ4n) is 28.2. The predicted molar refractivity (Wildman–Crippen MR) is 386 cm³/mol. The summed E-state index contributed by atoms with van der Waals surface area (Å²) in [5, 5.41) is 34.6. The van der Waals surface area contributed by atoms with Crippen molar-refractivity contribution < 1.29 is 77.1 Å². The van der Waals surface area contributed by atoms with Crippen molar-refractivity contribution in [3.05, 3.63) is 0 Å². The van der Waals surface area contributed by atoms with Gasteiger partial charge in [0.25, 0.3) is 0 Å². The van der Waals surface area contributed by atoms with Crippen molar-refractivity contribution >= 4 is 26.1 Å². The van der Waals surface area contributed by atoms with E-state index in [-0.39, 0.29) is 118 Å². The number of hydrogen-bond donors (Lipinski definition) is 4. The molecule has 10 saturated carbocycles. The van der Waals surface area contributed by atoms with Crippen molar-refractivity contribution in [1.29, 1.82) is 0 Å². The van der Waals surface area contributed by atoms with Crippen LogP contribution in [-0.4, -0.2) is 213 Å². The summed E-state index contributed by atoms with van der Waals surface area (Å²) >= 11 is 0. The van der Waals surface area contributed by atoms with Gasteiger partial charge in [-0.3, -0.25) is 24.2 Å². The Kier molecular flexibility index (Phi) is 20.3. The first-order valence-electron chi connectivity index (χ1n) is 40.3. The van der Waals surface area contributed by atoms with Gasteiger partial charge in [0, 0.05) is 57.6 Å². The highest BCUT2D eigenvalue weighted by Gasteiger charge is 2.87. The van der Waals surface area contributed by atoms with Crippen LogP contribution in [0.2, 0.25) is 0 Å². The van der Waals surface area contributed by atoms with Crippen molar-refractivity contribution in [2.75, 3.05) is 65.8 Å². The van der Waals surface area contributed by atoms with Gasteiger partial charge >= 0.3 is 11.9 Å². The largest absolute Gasteiger partial charge is 0.457 e. The van der Waals surface area contributed by atoms with E-state index in [2.05, 4.69) is 79.0 Å². The highest BCUT2D eigenvalue weighted by Crippen LogP contribution is 2.91. The van der Waals surface area contributed by atoms with Crippen molar-refractivity contribution in [1.82, 2.24) is 9.80 Å². The van der Waals surface area contributed by atoms with Crippen LogP contribution in [0.15, 0.2) is 0 Å². The molecule has 2 unspecified atom stereocenters. The van der Waals surface area contributed by atoms with Crippen molar-refractivity contribution in [3.63, 3.8) is 0 Å². The van der Waals surface area contributed by atoms with E-state index in [1.165, 1.54) is 58.8 Å². The minimum Gasteiger partial charge on any atom is -0.457 e. The molecule has 0 bridgehead atoms. The summed E-state index contributed by atoms with van der Waals surface area (Å²) < 4.78 is 62.1. The first-order chi connectivity index (χ1) is 47.0. The Morgan fingerprint density at radius 1 is 0.569 bits per heavy atom. The third-order valence-electron chi connectivity index (χ3n) is 33.0. The number of ether oxygens (including phenoxy) is 10. The highest BCUT2D eigenvalue weighted by atomic mass is 16.7.